The van der Waals surface area contributed by atoms with Crippen molar-refractivity contribution in [3.05, 3.63) is 22.5 Å². The lowest BCUT2D eigenvalue weighted by atomic mass is 9.83. The van der Waals surface area contributed by atoms with Gasteiger partial charge in [-0.05, 0) is 25.6 Å². The molecule has 0 saturated carbocycles. The molecule has 0 aromatic rings. The fraction of sp³-hybridized carbons (Fsp3) is 0.500. The topological polar surface area (TPSA) is 88.4 Å². The van der Waals surface area contributed by atoms with E-state index in [-0.39, 0.29) is 5.25 Å². The van der Waals surface area contributed by atoms with Crippen molar-refractivity contribution in [2.24, 2.45) is 5.92 Å². The number of hydrogen-bond donors (Lipinski definition) is 1. The highest BCUT2D eigenvalue weighted by atomic mass is 32.2. The summed E-state index contributed by atoms with van der Waals surface area (Å²) in [5.74, 6) is -1.61. The zero-order valence-electron chi connectivity index (χ0n) is 12.6. The Bertz CT molecular complexity index is 522. The minimum Gasteiger partial charge on any atom is -0.466 e. The summed E-state index contributed by atoms with van der Waals surface area (Å²) in [7, 11) is 2.57. The number of carbonyl (C=O) groups excluding carboxylic acids is 2. The second kappa shape index (κ2) is 7.18. The average molecular weight is 310 g/mol. The molecule has 1 aliphatic rings. The van der Waals surface area contributed by atoms with Crippen LogP contribution in [0.3, 0.4) is 0 Å². The van der Waals surface area contributed by atoms with E-state index in [1.165, 1.54) is 14.2 Å². The van der Waals surface area contributed by atoms with Crippen LogP contribution in [0.5, 0.6) is 0 Å². The fourth-order valence-electron chi connectivity index (χ4n) is 2.43. The smallest absolute Gasteiger partial charge is 0.336 e. The van der Waals surface area contributed by atoms with Gasteiger partial charge in [0.05, 0.1) is 25.4 Å². The average Bonchev–Trinajstić information content (AvgIpc) is 2.45. The molecular formula is C14H18N2O4S. The maximum absolute atomic E-state index is 12.1. The van der Waals surface area contributed by atoms with Crippen molar-refractivity contribution < 1.29 is 19.1 Å². The number of ether oxygens (including phenoxy) is 2. The molecule has 1 unspecified atom stereocenters. The molecule has 7 heteroatoms. The largest absolute Gasteiger partial charge is 0.466 e. The number of methoxy groups -OCH3 is 2. The third-order valence-corrected chi connectivity index (χ3v) is 4.07. The zero-order valence-corrected chi connectivity index (χ0v) is 13.5. The number of nitriles is 1. The molecule has 0 aromatic heterocycles. The molecule has 1 rings (SSSR count). The molecular weight excluding hydrogens is 292 g/mol. The molecule has 1 heterocycles. The maximum atomic E-state index is 12.1. The van der Waals surface area contributed by atoms with E-state index in [0.29, 0.717) is 22.5 Å². The molecule has 0 fully saturated rings. The number of thioether (sulfide) groups is 1. The second-order valence-electron chi connectivity index (χ2n) is 4.58. The van der Waals surface area contributed by atoms with Gasteiger partial charge in [0.1, 0.15) is 5.40 Å². The van der Waals surface area contributed by atoms with Crippen LogP contribution in [0, 0.1) is 16.6 Å². The summed E-state index contributed by atoms with van der Waals surface area (Å²) in [4.78, 5) is 24.1. The first-order valence-corrected chi connectivity index (χ1v) is 7.16. The van der Waals surface area contributed by atoms with Crippen LogP contribution in [-0.4, -0.2) is 31.4 Å². The van der Waals surface area contributed by atoms with Crippen molar-refractivity contribution in [3.63, 3.8) is 0 Å². The summed E-state index contributed by atoms with van der Waals surface area (Å²) in [6.45, 7) is 5.26. The van der Waals surface area contributed by atoms with E-state index in [1.54, 1.807) is 20.8 Å². The van der Waals surface area contributed by atoms with Gasteiger partial charge < -0.3 is 14.8 Å². The molecule has 21 heavy (non-hydrogen) atoms. The molecule has 0 radical (unpaired) electrons. The number of esters is 2. The van der Waals surface area contributed by atoms with Crippen LogP contribution in [0.4, 0.5) is 0 Å². The standard InChI is InChI=1S/C14H18N2O4S/c1-7-10(13(17)19-4)12(9(3)21-6-15)11(8(2)16-7)14(18)20-5/h9,12,16H,1-5H3. The Hall–Kier alpha value is -1.94. The number of hydrogen-bond acceptors (Lipinski definition) is 7. The van der Waals surface area contributed by atoms with E-state index >= 15 is 0 Å². The molecule has 0 bridgehead atoms. The summed E-state index contributed by atoms with van der Waals surface area (Å²) >= 11 is 0.999. The number of carbonyl (C=O) groups is 2. The van der Waals surface area contributed by atoms with E-state index in [9.17, 15) is 9.59 Å². The van der Waals surface area contributed by atoms with Gasteiger partial charge in [0.15, 0.2) is 0 Å². The third-order valence-electron chi connectivity index (χ3n) is 3.32. The number of allylic oxidation sites excluding steroid dienone is 2. The Labute approximate surface area is 128 Å². The quantitative estimate of drug-likeness (QED) is 0.624. The predicted octanol–water partition coefficient (Wildman–Crippen LogP) is 1.70. The summed E-state index contributed by atoms with van der Waals surface area (Å²) in [5, 5.41) is 13.6. The minimum atomic E-state index is -0.559. The van der Waals surface area contributed by atoms with Crippen LogP contribution in [0.1, 0.15) is 20.8 Å². The monoisotopic (exact) mass is 310 g/mol. The Kier molecular flexibility index (Phi) is 5.85. The van der Waals surface area contributed by atoms with E-state index in [2.05, 4.69) is 5.32 Å². The number of nitrogens with zero attached hydrogens (tertiary/aromatic N) is 1. The van der Waals surface area contributed by atoms with E-state index < -0.39 is 17.9 Å². The van der Waals surface area contributed by atoms with Gasteiger partial charge in [0, 0.05) is 22.6 Å². The van der Waals surface area contributed by atoms with Crippen LogP contribution in [0.15, 0.2) is 22.5 Å². The summed E-state index contributed by atoms with van der Waals surface area (Å²) in [6, 6.07) is 0. The highest BCUT2D eigenvalue weighted by Gasteiger charge is 2.39. The molecule has 0 aliphatic carbocycles. The highest BCUT2D eigenvalue weighted by Crippen LogP contribution is 2.37. The Morgan fingerprint density at radius 1 is 1.19 bits per heavy atom. The molecule has 1 N–H and O–H groups in total. The molecule has 6 nitrogen and oxygen atoms in total. The highest BCUT2D eigenvalue weighted by molar-refractivity contribution is 8.04. The van der Waals surface area contributed by atoms with Gasteiger partial charge in [-0.3, -0.25) is 0 Å². The zero-order chi connectivity index (χ0) is 16.2. The first-order valence-electron chi connectivity index (χ1n) is 6.28. The first-order chi connectivity index (χ1) is 9.88. The Morgan fingerprint density at radius 2 is 1.62 bits per heavy atom. The van der Waals surface area contributed by atoms with Crippen molar-refractivity contribution in [3.8, 4) is 5.40 Å². The molecule has 0 aromatic carbocycles. The fourth-order valence-corrected chi connectivity index (χ4v) is 3.00. The normalized spacial score (nSPS) is 17.0. The Morgan fingerprint density at radius 3 is 1.95 bits per heavy atom. The van der Waals surface area contributed by atoms with Crippen LogP contribution < -0.4 is 5.32 Å². The van der Waals surface area contributed by atoms with Crippen molar-refractivity contribution in [1.29, 1.82) is 5.26 Å². The first kappa shape index (κ1) is 17.1. The summed E-state index contributed by atoms with van der Waals surface area (Å²) in [6.07, 6.45) is 0. The Balaban J connectivity index is 3.43. The number of nitrogens with one attached hydrogen (secondary N) is 1. The predicted molar refractivity (Wildman–Crippen MR) is 78.7 cm³/mol. The summed E-state index contributed by atoms with van der Waals surface area (Å²) in [5.41, 5.74) is 1.92. The minimum absolute atomic E-state index is 0.301. The molecule has 114 valence electrons. The van der Waals surface area contributed by atoms with Gasteiger partial charge in [-0.15, -0.1) is 0 Å². The number of dihydropyridines is 1. The maximum Gasteiger partial charge on any atom is 0.336 e. The van der Waals surface area contributed by atoms with Gasteiger partial charge in [-0.2, -0.15) is 5.26 Å². The number of thiocyanates is 1. The van der Waals surface area contributed by atoms with Gasteiger partial charge in [0.25, 0.3) is 0 Å². The molecule has 0 spiro atoms. The lowest BCUT2D eigenvalue weighted by Gasteiger charge is -2.32. The van der Waals surface area contributed by atoms with Crippen LogP contribution >= 0.6 is 11.8 Å². The van der Waals surface area contributed by atoms with Gasteiger partial charge in [-0.25, -0.2) is 9.59 Å². The van der Waals surface area contributed by atoms with Gasteiger partial charge >= 0.3 is 11.9 Å². The van der Waals surface area contributed by atoms with E-state index in [0.717, 1.165) is 11.8 Å². The number of rotatable bonds is 4. The lowest BCUT2D eigenvalue weighted by Crippen LogP contribution is -2.37. The van der Waals surface area contributed by atoms with Crippen LogP contribution in [-0.2, 0) is 19.1 Å². The van der Waals surface area contributed by atoms with Gasteiger partial charge in [-0.1, -0.05) is 6.92 Å². The van der Waals surface area contributed by atoms with E-state index in [4.69, 9.17) is 14.7 Å². The second-order valence-corrected chi connectivity index (χ2v) is 5.74. The summed E-state index contributed by atoms with van der Waals surface area (Å²) < 4.78 is 9.62. The molecule has 1 atom stereocenters. The van der Waals surface area contributed by atoms with Crippen molar-refractivity contribution in [2.45, 2.75) is 26.0 Å². The molecule has 0 amide bonds. The van der Waals surface area contributed by atoms with Crippen molar-refractivity contribution >= 4 is 23.7 Å². The van der Waals surface area contributed by atoms with Crippen molar-refractivity contribution in [2.75, 3.05) is 14.2 Å². The third kappa shape index (κ3) is 3.39. The van der Waals surface area contributed by atoms with Gasteiger partial charge in [0.2, 0.25) is 0 Å². The molecule has 1 aliphatic heterocycles. The van der Waals surface area contributed by atoms with Crippen LogP contribution in [0.25, 0.3) is 0 Å². The lowest BCUT2D eigenvalue weighted by molar-refractivity contribution is -0.137. The van der Waals surface area contributed by atoms with E-state index in [1.807, 2.05) is 5.40 Å². The van der Waals surface area contributed by atoms with Crippen molar-refractivity contribution in [1.82, 2.24) is 5.32 Å². The molecule has 0 saturated heterocycles. The SMILES string of the molecule is COC(=O)C1=C(C)NC(C)=C(C(=O)OC)C1C(C)SC#N. The van der Waals surface area contributed by atoms with Crippen LogP contribution in [0.2, 0.25) is 0 Å².